The van der Waals surface area contributed by atoms with Crippen LogP contribution in [0.4, 0.5) is 5.69 Å². The van der Waals surface area contributed by atoms with E-state index in [0.29, 0.717) is 6.54 Å². The van der Waals surface area contributed by atoms with Gasteiger partial charge in [-0.15, -0.1) is 11.3 Å². The fourth-order valence-electron chi connectivity index (χ4n) is 3.29. The van der Waals surface area contributed by atoms with Crippen LogP contribution in [0.1, 0.15) is 42.7 Å². The summed E-state index contributed by atoms with van der Waals surface area (Å²) in [6.07, 6.45) is 4.33. The highest BCUT2D eigenvalue weighted by molar-refractivity contribution is 7.10. The van der Waals surface area contributed by atoms with Crippen molar-refractivity contribution >= 4 is 22.9 Å². The molecule has 4 heteroatoms. The number of hydrogen-bond acceptors (Lipinski definition) is 3. The van der Waals surface area contributed by atoms with Crippen molar-refractivity contribution in [3.63, 3.8) is 0 Å². The molecule has 1 saturated heterocycles. The van der Waals surface area contributed by atoms with Gasteiger partial charge in [0.15, 0.2) is 0 Å². The van der Waals surface area contributed by atoms with Gasteiger partial charge in [0.1, 0.15) is 0 Å². The van der Waals surface area contributed by atoms with Crippen LogP contribution in [-0.4, -0.2) is 23.9 Å². The first-order chi connectivity index (χ1) is 11.3. The molecule has 1 N–H and O–H groups in total. The van der Waals surface area contributed by atoms with E-state index in [1.807, 2.05) is 11.0 Å². The molecule has 122 valence electrons. The number of rotatable bonds is 6. The molecule has 1 aliphatic heterocycles. The molecule has 1 unspecified atom stereocenters. The van der Waals surface area contributed by atoms with Gasteiger partial charge in [-0.3, -0.25) is 4.79 Å². The predicted octanol–water partition coefficient (Wildman–Crippen LogP) is 4.48. The molecule has 2 aromatic rings. The van der Waals surface area contributed by atoms with Crippen molar-refractivity contribution in [2.45, 2.75) is 38.6 Å². The Morgan fingerprint density at radius 3 is 2.96 bits per heavy atom. The van der Waals surface area contributed by atoms with Gasteiger partial charge in [-0.1, -0.05) is 37.6 Å². The van der Waals surface area contributed by atoms with Crippen molar-refractivity contribution in [2.24, 2.45) is 0 Å². The lowest BCUT2D eigenvalue weighted by molar-refractivity contribution is -0.130. The Morgan fingerprint density at radius 2 is 2.17 bits per heavy atom. The quantitative estimate of drug-likeness (QED) is 0.848. The summed E-state index contributed by atoms with van der Waals surface area (Å²) in [5.74, 6) is 0.201. The molecule has 0 saturated carbocycles. The van der Waals surface area contributed by atoms with Gasteiger partial charge in [0.25, 0.3) is 0 Å². The highest BCUT2D eigenvalue weighted by Gasteiger charge is 2.30. The molecule has 0 bridgehead atoms. The van der Waals surface area contributed by atoms with E-state index in [1.54, 1.807) is 11.3 Å². The first-order valence-electron chi connectivity index (χ1n) is 8.44. The van der Waals surface area contributed by atoms with Crippen LogP contribution >= 0.6 is 11.3 Å². The average molecular weight is 328 g/mol. The Balaban J connectivity index is 1.63. The summed E-state index contributed by atoms with van der Waals surface area (Å²) in [5, 5.41) is 5.45. The van der Waals surface area contributed by atoms with Crippen LogP contribution in [-0.2, 0) is 11.2 Å². The smallest absolute Gasteiger partial charge is 0.242 e. The SMILES string of the molecule is CCCc1ccccc1NCC(=O)N1CCCC1c1cccs1. The number of aryl methyl sites for hydroxylation is 1. The topological polar surface area (TPSA) is 32.3 Å². The van der Waals surface area contributed by atoms with Crippen LogP contribution in [0.25, 0.3) is 0 Å². The van der Waals surface area contributed by atoms with Gasteiger partial charge in [0.2, 0.25) is 5.91 Å². The minimum atomic E-state index is 0.201. The molecular formula is C19H24N2OS. The summed E-state index contributed by atoms with van der Waals surface area (Å²) < 4.78 is 0. The number of carbonyl (C=O) groups is 1. The van der Waals surface area contributed by atoms with Crippen LogP contribution in [0.15, 0.2) is 41.8 Å². The first-order valence-corrected chi connectivity index (χ1v) is 9.32. The second-order valence-electron chi connectivity index (χ2n) is 6.02. The monoisotopic (exact) mass is 328 g/mol. The summed E-state index contributed by atoms with van der Waals surface area (Å²) in [4.78, 5) is 16.0. The number of likely N-dealkylation sites (tertiary alicyclic amines) is 1. The Bertz CT molecular complexity index is 639. The van der Waals surface area contributed by atoms with Gasteiger partial charge in [0, 0.05) is 17.1 Å². The maximum Gasteiger partial charge on any atom is 0.242 e. The number of nitrogens with zero attached hydrogens (tertiary/aromatic N) is 1. The van der Waals surface area contributed by atoms with E-state index in [0.717, 1.165) is 37.9 Å². The lowest BCUT2D eigenvalue weighted by Crippen LogP contribution is -2.35. The summed E-state index contributed by atoms with van der Waals surface area (Å²) in [5.41, 5.74) is 2.38. The largest absolute Gasteiger partial charge is 0.376 e. The molecule has 1 aromatic carbocycles. The molecule has 1 aliphatic rings. The average Bonchev–Trinajstić information content (AvgIpc) is 3.24. The number of anilines is 1. The minimum Gasteiger partial charge on any atom is -0.376 e. The number of benzene rings is 1. The fraction of sp³-hybridized carbons (Fsp3) is 0.421. The van der Waals surface area contributed by atoms with Crippen molar-refractivity contribution in [1.29, 1.82) is 0 Å². The van der Waals surface area contributed by atoms with Crippen molar-refractivity contribution in [3.8, 4) is 0 Å². The van der Waals surface area contributed by atoms with E-state index in [2.05, 4.69) is 48.0 Å². The van der Waals surface area contributed by atoms with Gasteiger partial charge in [-0.25, -0.2) is 0 Å². The zero-order valence-corrected chi connectivity index (χ0v) is 14.4. The maximum absolute atomic E-state index is 12.7. The summed E-state index contributed by atoms with van der Waals surface area (Å²) >= 11 is 1.75. The van der Waals surface area contributed by atoms with E-state index in [1.165, 1.54) is 10.4 Å². The molecule has 0 aliphatic carbocycles. The number of amides is 1. The zero-order valence-electron chi connectivity index (χ0n) is 13.6. The molecule has 1 atom stereocenters. The lowest BCUT2D eigenvalue weighted by Gasteiger charge is -2.24. The lowest BCUT2D eigenvalue weighted by atomic mass is 10.1. The van der Waals surface area contributed by atoms with E-state index in [9.17, 15) is 4.79 Å². The van der Waals surface area contributed by atoms with Crippen molar-refractivity contribution < 1.29 is 4.79 Å². The third-order valence-electron chi connectivity index (χ3n) is 4.41. The van der Waals surface area contributed by atoms with Crippen LogP contribution in [0.3, 0.4) is 0 Å². The van der Waals surface area contributed by atoms with Gasteiger partial charge < -0.3 is 10.2 Å². The highest BCUT2D eigenvalue weighted by atomic mass is 32.1. The van der Waals surface area contributed by atoms with E-state index >= 15 is 0 Å². The van der Waals surface area contributed by atoms with E-state index in [4.69, 9.17) is 0 Å². The molecular weight excluding hydrogens is 304 g/mol. The van der Waals surface area contributed by atoms with Crippen molar-refractivity contribution in [1.82, 2.24) is 4.90 Å². The Hall–Kier alpha value is -1.81. The number of para-hydroxylation sites is 1. The summed E-state index contributed by atoms with van der Waals surface area (Å²) in [6, 6.07) is 12.8. The predicted molar refractivity (Wildman–Crippen MR) is 96.9 cm³/mol. The molecule has 23 heavy (non-hydrogen) atoms. The molecule has 1 fully saturated rings. The first kappa shape index (κ1) is 16.1. The van der Waals surface area contributed by atoms with Gasteiger partial charge >= 0.3 is 0 Å². The second kappa shape index (κ2) is 7.64. The van der Waals surface area contributed by atoms with Crippen LogP contribution in [0, 0.1) is 0 Å². The molecule has 3 rings (SSSR count). The number of thiophene rings is 1. The fourth-order valence-corrected chi connectivity index (χ4v) is 4.17. The molecule has 1 amide bonds. The Kier molecular flexibility index (Phi) is 5.34. The molecule has 1 aromatic heterocycles. The van der Waals surface area contributed by atoms with Crippen molar-refractivity contribution in [3.05, 3.63) is 52.2 Å². The number of nitrogens with one attached hydrogen (secondary N) is 1. The standard InChI is InChI=1S/C19H24N2OS/c1-2-7-15-8-3-4-9-16(15)20-14-19(22)21-12-5-10-17(21)18-11-6-13-23-18/h3-4,6,8-9,11,13,17,20H,2,5,7,10,12,14H2,1H3. The Morgan fingerprint density at radius 1 is 1.30 bits per heavy atom. The number of carbonyl (C=O) groups excluding carboxylic acids is 1. The molecule has 2 heterocycles. The van der Waals surface area contributed by atoms with Crippen LogP contribution in [0.5, 0.6) is 0 Å². The minimum absolute atomic E-state index is 0.201. The van der Waals surface area contributed by atoms with E-state index < -0.39 is 0 Å². The van der Waals surface area contributed by atoms with Crippen LogP contribution in [0.2, 0.25) is 0 Å². The summed E-state index contributed by atoms with van der Waals surface area (Å²) in [7, 11) is 0. The zero-order chi connectivity index (χ0) is 16.1. The maximum atomic E-state index is 12.7. The molecule has 0 radical (unpaired) electrons. The highest BCUT2D eigenvalue weighted by Crippen LogP contribution is 2.34. The third-order valence-corrected chi connectivity index (χ3v) is 5.39. The van der Waals surface area contributed by atoms with Crippen molar-refractivity contribution in [2.75, 3.05) is 18.4 Å². The van der Waals surface area contributed by atoms with Gasteiger partial charge in [-0.2, -0.15) is 0 Å². The van der Waals surface area contributed by atoms with Crippen LogP contribution < -0.4 is 5.32 Å². The number of hydrogen-bond donors (Lipinski definition) is 1. The Labute approximate surface area is 142 Å². The molecule has 3 nitrogen and oxygen atoms in total. The van der Waals surface area contributed by atoms with Gasteiger partial charge in [-0.05, 0) is 42.3 Å². The van der Waals surface area contributed by atoms with E-state index in [-0.39, 0.29) is 11.9 Å². The second-order valence-corrected chi connectivity index (χ2v) is 7.00. The van der Waals surface area contributed by atoms with Gasteiger partial charge in [0.05, 0.1) is 12.6 Å². The summed E-state index contributed by atoms with van der Waals surface area (Å²) in [6.45, 7) is 3.43. The normalized spacial score (nSPS) is 17.4. The third kappa shape index (κ3) is 3.75. The molecule has 0 spiro atoms.